The average molecular weight is 337 g/mol. The van der Waals surface area contributed by atoms with Crippen molar-refractivity contribution < 1.29 is 14.4 Å². The number of hydrogen-bond donors (Lipinski definition) is 1. The number of anilines is 1. The van der Waals surface area contributed by atoms with Gasteiger partial charge in [0.2, 0.25) is 5.91 Å². The maximum Gasteiger partial charge on any atom is 0.335 e. The molecule has 1 aliphatic heterocycles. The number of aliphatic imine (C=N–C) groups is 1. The predicted octanol–water partition coefficient (Wildman–Crippen LogP) is 1.17. The lowest BCUT2D eigenvalue weighted by Gasteiger charge is -2.29. The molecule has 0 spiro atoms. The van der Waals surface area contributed by atoms with Gasteiger partial charge in [-0.2, -0.15) is 0 Å². The second-order valence-electron chi connectivity index (χ2n) is 5.26. The van der Waals surface area contributed by atoms with E-state index in [1.54, 1.807) is 18.2 Å². The summed E-state index contributed by atoms with van der Waals surface area (Å²) in [5.74, 6) is -2.50. The van der Waals surface area contributed by atoms with Gasteiger partial charge in [0.15, 0.2) is 5.92 Å². The highest BCUT2D eigenvalue weighted by Gasteiger charge is 2.40. The van der Waals surface area contributed by atoms with Crippen LogP contribution in [-0.4, -0.2) is 56.1 Å². The summed E-state index contributed by atoms with van der Waals surface area (Å²) in [7, 11) is 3.79. The number of rotatable bonds is 5. The fourth-order valence-corrected chi connectivity index (χ4v) is 2.24. The third kappa shape index (κ3) is 3.94. The molecule has 23 heavy (non-hydrogen) atoms. The highest BCUT2D eigenvalue weighted by Crippen LogP contribution is 2.27. The first-order valence-electron chi connectivity index (χ1n) is 7.00. The zero-order valence-corrected chi connectivity index (χ0v) is 13.6. The van der Waals surface area contributed by atoms with Gasteiger partial charge in [-0.3, -0.25) is 19.9 Å². The number of likely N-dealkylation sites (N-methyl/N-ethyl adjacent to an activating group) is 1. The largest absolute Gasteiger partial charge is 0.335 e. The minimum atomic E-state index is -1.15. The molecule has 2 rings (SSSR count). The van der Waals surface area contributed by atoms with E-state index in [-0.39, 0.29) is 10.7 Å². The van der Waals surface area contributed by atoms with E-state index in [1.807, 2.05) is 19.0 Å². The number of amides is 4. The van der Waals surface area contributed by atoms with Crippen LogP contribution in [-0.2, 0) is 9.59 Å². The SMILES string of the molecule is CN(C)CCN=CC1C(=O)NC(=O)N(c2ccccc2Cl)C1=O. The van der Waals surface area contributed by atoms with Crippen LogP contribution in [0.2, 0.25) is 5.02 Å². The van der Waals surface area contributed by atoms with Gasteiger partial charge in [-0.15, -0.1) is 0 Å². The van der Waals surface area contributed by atoms with E-state index in [0.29, 0.717) is 13.1 Å². The Hall–Kier alpha value is -2.25. The molecule has 1 saturated heterocycles. The Morgan fingerprint density at radius 2 is 2.00 bits per heavy atom. The molecular weight excluding hydrogens is 320 g/mol. The van der Waals surface area contributed by atoms with Gasteiger partial charge in [0.05, 0.1) is 17.3 Å². The predicted molar refractivity (Wildman–Crippen MR) is 87.9 cm³/mol. The van der Waals surface area contributed by atoms with Crippen molar-refractivity contribution in [2.75, 3.05) is 32.1 Å². The van der Waals surface area contributed by atoms with Crippen molar-refractivity contribution >= 4 is 41.3 Å². The second-order valence-corrected chi connectivity index (χ2v) is 5.66. The molecule has 1 atom stereocenters. The number of para-hydroxylation sites is 1. The van der Waals surface area contributed by atoms with Crippen LogP contribution in [0.4, 0.5) is 10.5 Å². The van der Waals surface area contributed by atoms with Gasteiger partial charge in [0.25, 0.3) is 5.91 Å². The molecule has 1 fully saturated rings. The van der Waals surface area contributed by atoms with E-state index in [1.165, 1.54) is 12.3 Å². The van der Waals surface area contributed by atoms with Crippen LogP contribution in [0.1, 0.15) is 0 Å². The first kappa shape index (κ1) is 17.1. The Labute approximate surface area is 138 Å². The molecule has 1 aromatic rings. The lowest BCUT2D eigenvalue weighted by atomic mass is 10.1. The lowest BCUT2D eigenvalue weighted by Crippen LogP contribution is -2.58. The number of urea groups is 1. The van der Waals surface area contributed by atoms with Crippen molar-refractivity contribution in [1.29, 1.82) is 0 Å². The molecule has 1 aliphatic rings. The average Bonchev–Trinajstić information content (AvgIpc) is 2.47. The third-order valence-corrected chi connectivity index (χ3v) is 3.55. The van der Waals surface area contributed by atoms with Gasteiger partial charge < -0.3 is 4.90 Å². The topological polar surface area (TPSA) is 82.1 Å². The minimum Gasteiger partial charge on any atom is -0.308 e. The smallest absolute Gasteiger partial charge is 0.308 e. The molecule has 0 aliphatic carbocycles. The van der Waals surface area contributed by atoms with E-state index in [0.717, 1.165) is 4.90 Å². The molecule has 0 aromatic heterocycles. The second kappa shape index (κ2) is 7.34. The maximum atomic E-state index is 12.5. The van der Waals surface area contributed by atoms with Gasteiger partial charge in [-0.1, -0.05) is 23.7 Å². The Morgan fingerprint density at radius 1 is 1.30 bits per heavy atom. The number of hydrogen-bond acceptors (Lipinski definition) is 5. The molecule has 1 aromatic carbocycles. The number of benzene rings is 1. The minimum absolute atomic E-state index is 0.232. The molecule has 4 amide bonds. The molecule has 0 saturated carbocycles. The molecule has 8 heteroatoms. The van der Waals surface area contributed by atoms with Crippen LogP contribution < -0.4 is 10.2 Å². The summed E-state index contributed by atoms with van der Waals surface area (Å²) in [6.07, 6.45) is 1.28. The molecule has 122 valence electrons. The Kier molecular flexibility index (Phi) is 5.46. The molecule has 1 heterocycles. The van der Waals surface area contributed by atoms with Crippen molar-refractivity contribution in [2.24, 2.45) is 10.9 Å². The monoisotopic (exact) mass is 336 g/mol. The third-order valence-electron chi connectivity index (χ3n) is 3.23. The number of carbonyl (C=O) groups is 3. The molecule has 1 N–H and O–H groups in total. The van der Waals surface area contributed by atoms with Gasteiger partial charge in [-0.05, 0) is 26.2 Å². The molecular formula is C15H17ClN4O3. The van der Waals surface area contributed by atoms with Gasteiger partial charge >= 0.3 is 6.03 Å². The van der Waals surface area contributed by atoms with E-state index in [9.17, 15) is 14.4 Å². The fourth-order valence-electron chi connectivity index (χ4n) is 2.02. The van der Waals surface area contributed by atoms with E-state index in [2.05, 4.69) is 10.3 Å². The summed E-state index contributed by atoms with van der Waals surface area (Å²) >= 11 is 6.04. The maximum absolute atomic E-state index is 12.5. The van der Waals surface area contributed by atoms with Gasteiger partial charge in [0.1, 0.15) is 0 Å². The van der Waals surface area contributed by atoms with E-state index >= 15 is 0 Å². The number of nitrogens with one attached hydrogen (secondary N) is 1. The summed E-state index contributed by atoms with van der Waals surface area (Å²) in [6, 6.07) is 5.62. The summed E-state index contributed by atoms with van der Waals surface area (Å²) in [6.45, 7) is 1.14. The van der Waals surface area contributed by atoms with E-state index < -0.39 is 23.8 Å². The highest BCUT2D eigenvalue weighted by atomic mass is 35.5. The van der Waals surface area contributed by atoms with Crippen molar-refractivity contribution in [1.82, 2.24) is 10.2 Å². The van der Waals surface area contributed by atoms with Gasteiger partial charge in [-0.25, -0.2) is 9.69 Å². The van der Waals surface area contributed by atoms with Crippen LogP contribution in [0.3, 0.4) is 0 Å². The van der Waals surface area contributed by atoms with Crippen LogP contribution in [0.15, 0.2) is 29.3 Å². The quantitative estimate of drug-likeness (QED) is 0.646. The first-order valence-corrected chi connectivity index (χ1v) is 7.37. The summed E-state index contributed by atoms with van der Waals surface area (Å²) in [5, 5.41) is 2.40. The Balaban J connectivity index is 2.22. The fraction of sp³-hybridized carbons (Fsp3) is 0.333. The molecule has 0 radical (unpaired) electrons. The number of nitrogens with zero attached hydrogens (tertiary/aromatic N) is 3. The van der Waals surface area contributed by atoms with Gasteiger partial charge in [0, 0.05) is 12.8 Å². The zero-order valence-electron chi connectivity index (χ0n) is 12.8. The summed E-state index contributed by atoms with van der Waals surface area (Å²) < 4.78 is 0. The normalized spacial score (nSPS) is 18.9. The standard InChI is InChI=1S/C15H17ClN4O3/c1-19(2)8-7-17-9-10-13(21)18-15(23)20(14(10)22)12-6-4-3-5-11(12)16/h3-6,9-10H,7-8H2,1-2H3,(H,18,21,23). The molecule has 7 nitrogen and oxygen atoms in total. The number of barbiturate groups is 1. The number of carbonyl (C=O) groups excluding carboxylic acids is 3. The van der Waals surface area contributed by atoms with E-state index in [4.69, 9.17) is 11.6 Å². The zero-order chi connectivity index (χ0) is 17.0. The number of halogens is 1. The lowest BCUT2D eigenvalue weighted by molar-refractivity contribution is -0.131. The van der Waals surface area contributed by atoms with Crippen LogP contribution >= 0.6 is 11.6 Å². The summed E-state index contributed by atoms with van der Waals surface area (Å²) in [5.41, 5.74) is 0.232. The highest BCUT2D eigenvalue weighted by molar-refractivity contribution is 6.38. The number of imide groups is 2. The molecule has 0 bridgehead atoms. The van der Waals surface area contributed by atoms with Crippen molar-refractivity contribution in [3.05, 3.63) is 29.3 Å². The van der Waals surface area contributed by atoms with Crippen molar-refractivity contribution in [3.63, 3.8) is 0 Å². The van der Waals surface area contributed by atoms with Crippen LogP contribution in [0.5, 0.6) is 0 Å². The molecule has 1 unspecified atom stereocenters. The van der Waals surface area contributed by atoms with Crippen molar-refractivity contribution in [3.8, 4) is 0 Å². The van der Waals surface area contributed by atoms with Crippen LogP contribution in [0.25, 0.3) is 0 Å². The van der Waals surface area contributed by atoms with Crippen LogP contribution in [0, 0.1) is 5.92 Å². The Morgan fingerprint density at radius 3 is 2.65 bits per heavy atom. The van der Waals surface area contributed by atoms with Crippen molar-refractivity contribution in [2.45, 2.75) is 0 Å². The summed E-state index contributed by atoms with van der Waals surface area (Å²) in [4.78, 5) is 43.3. The first-order chi connectivity index (χ1) is 10.9. The Bertz CT molecular complexity index is 660.